The summed E-state index contributed by atoms with van der Waals surface area (Å²) in [7, 11) is 0. The normalized spacial score (nSPS) is 10.4. The molecule has 0 heterocycles. The molecule has 0 aromatic heterocycles. The maximum atomic E-state index is 11.6. The zero-order valence-corrected chi connectivity index (χ0v) is 12.4. The average molecular weight is 298 g/mol. The lowest BCUT2D eigenvalue weighted by atomic mass is 10.2. The molecule has 0 saturated heterocycles. The van der Waals surface area contributed by atoms with Crippen molar-refractivity contribution in [3.63, 3.8) is 0 Å². The standard InChI is InChI=1S/C17H18N2O3/c1-2-12-21-16-10-8-15(9-11-16)19-17(20)22-18-13-14-6-4-3-5-7-14/h3-11,13H,2,12H2,1H3,(H,19,20)/b18-13+. The summed E-state index contributed by atoms with van der Waals surface area (Å²) in [5, 5.41) is 6.22. The Hall–Kier alpha value is -2.82. The second kappa shape index (κ2) is 8.46. The summed E-state index contributed by atoms with van der Waals surface area (Å²) in [5.74, 6) is 0.767. The highest BCUT2D eigenvalue weighted by molar-refractivity contribution is 5.85. The van der Waals surface area contributed by atoms with Crippen LogP contribution in [-0.4, -0.2) is 18.9 Å². The van der Waals surface area contributed by atoms with Gasteiger partial charge in [-0.2, -0.15) is 0 Å². The van der Waals surface area contributed by atoms with Crippen molar-refractivity contribution in [3.8, 4) is 5.75 Å². The van der Waals surface area contributed by atoms with Crippen LogP contribution in [0, 0.1) is 0 Å². The van der Waals surface area contributed by atoms with Gasteiger partial charge in [0.1, 0.15) is 5.75 Å². The average Bonchev–Trinajstić information content (AvgIpc) is 2.55. The molecule has 0 radical (unpaired) electrons. The van der Waals surface area contributed by atoms with Gasteiger partial charge in [-0.15, -0.1) is 0 Å². The number of oxime groups is 1. The number of carbonyl (C=O) groups excluding carboxylic acids is 1. The van der Waals surface area contributed by atoms with E-state index in [0.29, 0.717) is 12.3 Å². The maximum absolute atomic E-state index is 11.6. The smallest absolute Gasteiger partial charge is 0.437 e. The number of nitrogens with zero attached hydrogens (tertiary/aromatic N) is 1. The minimum Gasteiger partial charge on any atom is -0.494 e. The van der Waals surface area contributed by atoms with Crippen molar-refractivity contribution in [2.75, 3.05) is 11.9 Å². The molecule has 0 aliphatic rings. The number of hydrogen-bond acceptors (Lipinski definition) is 4. The van der Waals surface area contributed by atoms with E-state index in [1.807, 2.05) is 37.3 Å². The summed E-state index contributed by atoms with van der Waals surface area (Å²) in [6.45, 7) is 2.71. The monoisotopic (exact) mass is 298 g/mol. The predicted molar refractivity (Wildman–Crippen MR) is 86.4 cm³/mol. The number of nitrogens with one attached hydrogen (secondary N) is 1. The molecule has 0 fully saturated rings. The quantitative estimate of drug-likeness (QED) is 0.497. The minimum absolute atomic E-state index is 0.615. The number of anilines is 1. The lowest BCUT2D eigenvalue weighted by Crippen LogP contribution is -2.10. The summed E-state index contributed by atoms with van der Waals surface area (Å²) in [6.07, 6.45) is 1.78. The van der Waals surface area contributed by atoms with Gasteiger partial charge in [-0.3, -0.25) is 10.2 Å². The fourth-order valence-corrected chi connectivity index (χ4v) is 1.67. The molecule has 0 saturated carbocycles. The molecule has 2 rings (SSSR count). The highest BCUT2D eigenvalue weighted by Crippen LogP contribution is 2.16. The number of carbonyl (C=O) groups is 1. The van der Waals surface area contributed by atoms with Crippen LogP contribution in [0.15, 0.2) is 59.8 Å². The van der Waals surface area contributed by atoms with Crippen LogP contribution in [0.25, 0.3) is 0 Å². The van der Waals surface area contributed by atoms with E-state index in [1.165, 1.54) is 6.21 Å². The third kappa shape index (κ3) is 5.28. The molecule has 0 spiro atoms. The lowest BCUT2D eigenvalue weighted by Gasteiger charge is -2.06. The summed E-state index contributed by atoms with van der Waals surface area (Å²) >= 11 is 0. The van der Waals surface area contributed by atoms with E-state index in [1.54, 1.807) is 24.3 Å². The second-order valence-electron chi connectivity index (χ2n) is 4.52. The van der Waals surface area contributed by atoms with E-state index < -0.39 is 6.09 Å². The fraction of sp³-hybridized carbons (Fsp3) is 0.176. The first-order valence-corrected chi connectivity index (χ1v) is 7.07. The van der Waals surface area contributed by atoms with Crippen molar-refractivity contribution < 1.29 is 14.4 Å². The third-order valence-corrected chi connectivity index (χ3v) is 2.71. The first-order chi connectivity index (χ1) is 10.8. The van der Waals surface area contributed by atoms with Gasteiger partial charge in [0, 0.05) is 5.69 Å². The molecule has 0 aliphatic heterocycles. The Balaban J connectivity index is 1.80. The van der Waals surface area contributed by atoms with Gasteiger partial charge in [-0.05, 0) is 36.2 Å². The zero-order chi connectivity index (χ0) is 15.6. The predicted octanol–water partition coefficient (Wildman–Crippen LogP) is 4.06. The highest BCUT2D eigenvalue weighted by Gasteiger charge is 2.02. The maximum Gasteiger partial charge on any atom is 0.437 e. The van der Waals surface area contributed by atoms with Crippen LogP contribution in [0.1, 0.15) is 18.9 Å². The Morgan fingerprint density at radius 1 is 1.14 bits per heavy atom. The van der Waals surface area contributed by atoms with Crippen LogP contribution < -0.4 is 10.1 Å². The SMILES string of the molecule is CCCOc1ccc(NC(=O)O/N=C/c2ccccc2)cc1. The Bertz CT molecular complexity index is 610. The molecule has 0 unspecified atom stereocenters. The van der Waals surface area contributed by atoms with Crippen LogP contribution in [0.5, 0.6) is 5.75 Å². The number of hydrogen-bond donors (Lipinski definition) is 1. The topological polar surface area (TPSA) is 59.9 Å². The molecule has 1 N–H and O–H groups in total. The minimum atomic E-state index is -0.644. The van der Waals surface area contributed by atoms with Gasteiger partial charge in [0.25, 0.3) is 0 Å². The van der Waals surface area contributed by atoms with Gasteiger partial charge in [0.05, 0.1) is 12.8 Å². The molecule has 5 nitrogen and oxygen atoms in total. The van der Waals surface area contributed by atoms with Gasteiger partial charge in [-0.1, -0.05) is 42.4 Å². The lowest BCUT2D eigenvalue weighted by molar-refractivity contribution is 0.167. The summed E-state index contributed by atoms with van der Waals surface area (Å²) in [5.41, 5.74) is 1.47. The molecule has 0 aliphatic carbocycles. The first kappa shape index (κ1) is 15.6. The number of ether oxygens (including phenoxy) is 1. The van der Waals surface area contributed by atoms with E-state index >= 15 is 0 Å². The van der Waals surface area contributed by atoms with Crippen molar-refractivity contribution in [2.24, 2.45) is 5.16 Å². The van der Waals surface area contributed by atoms with Crippen LogP contribution in [0.4, 0.5) is 10.5 Å². The molecule has 2 aromatic rings. The molecule has 114 valence electrons. The van der Waals surface area contributed by atoms with Crippen molar-refractivity contribution in [1.29, 1.82) is 0 Å². The summed E-state index contributed by atoms with van der Waals surface area (Å²) < 4.78 is 5.46. The van der Waals surface area contributed by atoms with E-state index in [-0.39, 0.29) is 0 Å². The Kier molecular flexibility index (Phi) is 5.99. The van der Waals surface area contributed by atoms with Crippen LogP contribution in [0.3, 0.4) is 0 Å². The van der Waals surface area contributed by atoms with Gasteiger partial charge in [-0.25, -0.2) is 4.79 Å². The van der Waals surface area contributed by atoms with Gasteiger partial charge in [0.15, 0.2) is 0 Å². The Morgan fingerprint density at radius 2 is 1.86 bits per heavy atom. The van der Waals surface area contributed by atoms with E-state index in [9.17, 15) is 4.79 Å². The Labute approximate surface area is 129 Å². The molecule has 1 amide bonds. The molecule has 0 atom stereocenters. The molecule has 0 bridgehead atoms. The van der Waals surface area contributed by atoms with Crippen molar-refractivity contribution >= 4 is 18.0 Å². The number of rotatable bonds is 6. The molecule has 5 heteroatoms. The van der Waals surface area contributed by atoms with Crippen LogP contribution in [0.2, 0.25) is 0 Å². The molecule has 2 aromatic carbocycles. The molecule has 22 heavy (non-hydrogen) atoms. The third-order valence-electron chi connectivity index (χ3n) is 2.71. The summed E-state index contributed by atoms with van der Waals surface area (Å²) in [4.78, 5) is 16.3. The van der Waals surface area contributed by atoms with Gasteiger partial charge in [0.2, 0.25) is 0 Å². The van der Waals surface area contributed by atoms with Gasteiger partial charge >= 0.3 is 6.09 Å². The number of amides is 1. The van der Waals surface area contributed by atoms with Crippen LogP contribution >= 0.6 is 0 Å². The Morgan fingerprint density at radius 3 is 2.55 bits per heavy atom. The van der Waals surface area contributed by atoms with E-state index in [0.717, 1.165) is 17.7 Å². The second-order valence-corrected chi connectivity index (χ2v) is 4.52. The summed E-state index contributed by atoms with van der Waals surface area (Å²) in [6, 6.07) is 16.4. The van der Waals surface area contributed by atoms with Gasteiger partial charge < -0.3 is 4.74 Å². The largest absolute Gasteiger partial charge is 0.494 e. The van der Waals surface area contributed by atoms with Crippen molar-refractivity contribution in [2.45, 2.75) is 13.3 Å². The zero-order valence-electron chi connectivity index (χ0n) is 12.4. The van der Waals surface area contributed by atoms with Crippen molar-refractivity contribution in [3.05, 3.63) is 60.2 Å². The number of benzene rings is 2. The highest BCUT2D eigenvalue weighted by atomic mass is 16.7. The molecular formula is C17H18N2O3. The van der Waals surface area contributed by atoms with Crippen molar-refractivity contribution in [1.82, 2.24) is 0 Å². The fourth-order valence-electron chi connectivity index (χ4n) is 1.67. The molecular weight excluding hydrogens is 280 g/mol. The van der Waals surface area contributed by atoms with Crippen LogP contribution in [-0.2, 0) is 4.84 Å². The van der Waals surface area contributed by atoms with E-state index in [4.69, 9.17) is 9.57 Å². The van der Waals surface area contributed by atoms with E-state index in [2.05, 4.69) is 10.5 Å². The first-order valence-electron chi connectivity index (χ1n) is 7.07.